The average molecular weight is 507 g/mol. The molecule has 2 heterocycles. The Hall–Kier alpha value is -2.95. The smallest absolute Gasteiger partial charge is 0.360 e. The number of halogens is 3. The number of alkyl halides is 3. The van der Waals surface area contributed by atoms with Crippen molar-refractivity contribution in [3.05, 3.63) is 30.1 Å². The third-order valence-corrected chi connectivity index (χ3v) is 7.08. The molecule has 196 valence electrons. The van der Waals surface area contributed by atoms with Crippen LogP contribution in [-0.2, 0) is 15.8 Å². The Labute approximate surface area is 208 Å². The van der Waals surface area contributed by atoms with Gasteiger partial charge in [-0.2, -0.15) is 13.2 Å². The van der Waals surface area contributed by atoms with E-state index in [2.05, 4.69) is 30.8 Å². The van der Waals surface area contributed by atoms with Crippen molar-refractivity contribution in [1.82, 2.24) is 25.5 Å². The first kappa shape index (κ1) is 26.1. The van der Waals surface area contributed by atoms with Crippen molar-refractivity contribution in [3.63, 3.8) is 0 Å². The lowest BCUT2D eigenvalue weighted by Gasteiger charge is -2.46. The van der Waals surface area contributed by atoms with Gasteiger partial charge in [0, 0.05) is 37.0 Å². The minimum Gasteiger partial charge on any atom is -0.360 e. The van der Waals surface area contributed by atoms with Gasteiger partial charge in [-0.05, 0) is 49.8 Å². The van der Waals surface area contributed by atoms with Crippen molar-refractivity contribution >= 4 is 28.5 Å². The highest BCUT2D eigenvalue weighted by Gasteiger charge is 2.35. The number of hydrogen-bond donors (Lipinski definition) is 3. The summed E-state index contributed by atoms with van der Waals surface area (Å²) in [6, 6.07) is 3.82. The van der Waals surface area contributed by atoms with Crippen molar-refractivity contribution in [1.29, 1.82) is 0 Å². The fourth-order valence-electron chi connectivity index (χ4n) is 4.88. The number of likely N-dealkylation sites (tertiary alicyclic amines) is 1. The van der Waals surface area contributed by atoms with Crippen molar-refractivity contribution in [2.75, 3.05) is 31.5 Å². The number of nitrogens with one attached hydrogen (secondary N) is 3. The van der Waals surface area contributed by atoms with Crippen LogP contribution >= 0.6 is 0 Å². The number of carbonyl (C=O) groups is 2. The number of carbonyl (C=O) groups excluding carboxylic acids is 2. The fourth-order valence-corrected chi connectivity index (χ4v) is 4.88. The summed E-state index contributed by atoms with van der Waals surface area (Å²) in [7, 11) is 0. The van der Waals surface area contributed by atoms with Crippen molar-refractivity contribution in [3.8, 4) is 0 Å². The molecule has 1 aliphatic heterocycles. The molecule has 3 N–H and O–H groups in total. The van der Waals surface area contributed by atoms with Crippen molar-refractivity contribution in [2.45, 2.75) is 57.8 Å². The van der Waals surface area contributed by atoms with E-state index in [1.807, 2.05) is 13.8 Å². The van der Waals surface area contributed by atoms with Crippen LogP contribution in [0.4, 0.5) is 19.0 Å². The molecule has 1 aromatic carbocycles. The zero-order chi connectivity index (χ0) is 25.9. The Balaban J connectivity index is 1.19. The Bertz CT molecular complexity index is 1080. The van der Waals surface area contributed by atoms with Gasteiger partial charge in [0.25, 0.3) is 0 Å². The maximum atomic E-state index is 13.1. The predicted octanol–water partition coefficient (Wildman–Crippen LogP) is 3.19. The maximum absolute atomic E-state index is 13.1. The minimum absolute atomic E-state index is 0.00678. The van der Waals surface area contributed by atoms with Crippen LogP contribution in [0.3, 0.4) is 0 Å². The zero-order valence-corrected chi connectivity index (χ0v) is 20.6. The van der Waals surface area contributed by atoms with Gasteiger partial charge in [0.2, 0.25) is 11.8 Å². The van der Waals surface area contributed by atoms with E-state index in [0.717, 1.165) is 57.5 Å². The van der Waals surface area contributed by atoms with Crippen molar-refractivity contribution in [2.24, 2.45) is 11.8 Å². The van der Waals surface area contributed by atoms with Gasteiger partial charge in [-0.1, -0.05) is 13.8 Å². The summed E-state index contributed by atoms with van der Waals surface area (Å²) in [6.45, 7) is 6.02. The quantitative estimate of drug-likeness (QED) is 0.509. The Kier molecular flexibility index (Phi) is 7.97. The number of rotatable bonds is 8. The second-order valence-corrected chi connectivity index (χ2v) is 10.1. The van der Waals surface area contributed by atoms with E-state index >= 15 is 0 Å². The highest BCUT2D eigenvalue weighted by molar-refractivity contribution is 5.91. The molecule has 0 unspecified atom stereocenters. The molecule has 1 saturated carbocycles. The summed E-state index contributed by atoms with van der Waals surface area (Å²) in [6.07, 6.45) is 1.13. The molecule has 1 aliphatic carbocycles. The van der Waals surface area contributed by atoms with Crippen LogP contribution < -0.4 is 16.0 Å². The number of hydrogen-bond acceptors (Lipinski definition) is 6. The topological polar surface area (TPSA) is 99.2 Å². The molecule has 2 fully saturated rings. The maximum Gasteiger partial charge on any atom is 0.416 e. The molecular weight excluding hydrogens is 473 g/mol. The second kappa shape index (κ2) is 11.0. The molecule has 2 amide bonds. The van der Waals surface area contributed by atoms with Gasteiger partial charge in [-0.25, -0.2) is 9.97 Å². The fraction of sp³-hybridized carbons (Fsp3) is 0.600. The van der Waals surface area contributed by atoms with Gasteiger partial charge in [-0.3, -0.25) is 14.5 Å². The third kappa shape index (κ3) is 6.43. The van der Waals surface area contributed by atoms with E-state index in [1.54, 1.807) is 0 Å². The van der Waals surface area contributed by atoms with Crippen LogP contribution in [0.25, 0.3) is 10.9 Å². The molecular formula is C25H33F3N6O2. The normalized spacial score (nSPS) is 21.3. The van der Waals surface area contributed by atoms with Crippen LogP contribution in [0, 0.1) is 11.8 Å². The van der Waals surface area contributed by atoms with Crippen LogP contribution in [0.2, 0.25) is 0 Å². The lowest BCUT2D eigenvalue weighted by atomic mass is 9.84. The summed E-state index contributed by atoms with van der Waals surface area (Å²) in [4.78, 5) is 34.6. The first-order valence-electron chi connectivity index (χ1n) is 12.5. The second-order valence-electron chi connectivity index (χ2n) is 10.1. The molecule has 2 aromatic rings. The van der Waals surface area contributed by atoms with E-state index in [9.17, 15) is 22.8 Å². The van der Waals surface area contributed by atoms with Crippen LogP contribution in [0.15, 0.2) is 24.5 Å². The molecule has 4 rings (SSSR count). The van der Waals surface area contributed by atoms with Crippen LogP contribution in [0.5, 0.6) is 0 Å². The lowest BCUT2D eigenvalue weighted by molar-refractivity contribution is -0.137. The molecule has 0 atom stereocenters. The number of aromatic nitrogens is 2. The van der Waals surface area contributed by atoms with Gasteiger partial charge in [0.15, 0.2) is 0 Å². The summed E-state index contributed by atoms with van der Waals surface area (Å²) in [5.74, 6) is 0.594. The largest absolute Gasteiger partial charge is 0.416 e. The van der Waals surface area contributed by atoms with E-state index in [0.29, 0.717) is 17.5 Å². The summed E-state index contributed by atoms with van der Waals surface area (Å²) in [5, 5.41) is 9.08. The number of nitrogens with zero attached hydrogens (tertiary/aromatic N) is 3. The number of benzene rings is 1. The molecule has 0 bridgehead atoms. The van der Waals surface area contributed by atoms with Gasteiger partial charge in [0.1, 0.15) is 12.1 Å². The highest BCUT2D eigenvalue weighted by Crippen LogP contribution is 2.33. The Morgan fingerprint density at radius 1 is 1.11 bits per heavy atom. The van der Waals surface area contributed by atoms with Gasteiger partial charge in [-0.15, -0.1) is 0 Å². The van der Waals surface area contributed by atoms with Crippen LogP contribution in [-0.4, -0.2) is 64.9 Å². The number of anilines is 1. The van der Waals surface area contributed by atoms with Crippen LogP contribution in [0.1, 0.15) is 45.1 Å². The molecule has 2 aliphatic rings. The number of fused-ring (bicyclic) bond motifs is 1. The Morgan fingerprint density at radius 3 is 2.50 bits per heavy atom. The lowest BCUT2D eigenvalue weighted by Crippen LogP contribution is -2.63. The Morgan fingerprint density at radius 2 is 1.83 bits per heavy atom. The molecule has 0 spiro atoms. The minimum atomic E-state index is -4.47. The summed E-state index contributed by atoms with van der Waals surface area (Å²) < 4.78 is 39.2. The van der Waals surface area contributed by atoms with E-state index in [-0.39, 0.29) is 41.5 Å². The van der Waals surface area contributed by atoms with Gasteiger partial charge in [0.05, 0.1) is 23.7 Å². The SMILES string of the molecule is CC(C)C(=O)NC[C@H]1CC[C@@H](N2CC(NC(=O)CNc3ncnc4ccc(C(F)(F)F)cc34)C2)CC1. The highest BCUT2D eigenvalue weighted by atomic mass is 19.4. The molecule has 36 heavy (non-hydrogen) atoms. The average Bonchev–Trinajstić information content (AvgIpc) is 2.82. The molecule has 11 heteroatoms. The predicted molar refractivity (Wildman–Crippen MR) is 130 cm³/mol. The summed E-state index contributed by atoms with van der Waals surface area (Å²) in [5.41, 5.74) is -0.422. The summed E-state index contributed by atoms with van der Waals surface area (Å²) >= 11 is 0. The molecule has 1 saturated heterocycles. The van der Waals surface area contributed by atoms with Crippen molar-refractivity contribution < 1.29 is 22.8 Å². The first-order chi connectivity index (χ1) is 17.1. The third-order valence-electron chi connectivity index (χ3n) is 7.08. The zero-order valence-electron chi connectivity index (χ0n) is 20.6. The molecule has 1 aromatic heterocycles. The molecule has 8 nitrogen and oxygen atoms in total. The standard InChI is InChI=1S/C25H33F3N6O2/c1-15(2)24(36)30-10-16-3-6-19(7-4-16)34-12-18(13-34)33-22(35)11-29-23-20-9-17(25(26,27)28)5-8-21(20)31-14-32-23/h5,8-9,14-16,18-19H,3-4,6-7,10-13H2,1-2H3,(H,30,36)(H,33,35)(H,29,31,32)/t16-,19+. The van der Waals surface area contributed by atoms with E-state index < -0.39 is 11.7 Å². The first-order valence-corrected chi connectivity index (χ1v) is 12.5. The van der Waals surface area contributed by atoms with Gasteiger partial charge >= 0.3 is 6.18 Å². The number of amides is 2. The van der Waals surface area contributed by atoms with E-state index in [4.69, 9.17) is 0 Å². The van der Waals surface area contributed by atoms with E-state index in [1.165, 1.54) is 12.4 Å². The monoisotopic (exact) mass is 506 g/mol. The van der Waals surface area contributed by atoms with Gasteiger partial charge < -0.3 is 16.0 Å². The molecule has 0 radical (unpaired) electrons.